The number of rotatable bonds is 3. The fourth-order valence-electron chi connectivity index (χ4n) is 1.35. The van der Waals surface area contributed by atoms with Crippen molar-refractivity contribution >= 4 is 33.0 Å². The van der Waals surface area contributed by atoms with Gasteiger partial charge in [0.15, 0.2) is 0 Å². The van der Waals surface area contributed by atoms with Gasteiger partial charge in [-0.1, -0.05) is 15.9 Å². The number of hydrogen-bond acceptors (Lipinski definition) is 3. The van der Waals surface area contributed by atoms with E-state index in [4.69, 9.17) is 0 Å². The first-order valence-electron chi connectivity index (χ1n) is 4.78. The molecule has 0 saturated carbocycles. The second-order valence-corrected chi connectivity index (χ2v) is 5.20. The van der Waals surface area contributed by atoms with Gasteiger partial charge in [-0.2, -0.15) is 0 Å². The molecule has 2 rings (SSSR count). The molecule has 0 spiro atoms. The number of nitrogens with one attached hydrogen (secondary N) is 1. The van der Waals surface area contributed by atoms with Crippen LogP contribution < -0.4 is 5.32 Å². The Bertz CT molecular complexity index is 473. The summed E-state index contributed by atoms with van der Waals surface area (Å²) in [5, 5.41) is 5.95. The van der Waals surface area contributed by atoms with Crippen LogP contribution in [0.3, 0.4) is 0 Å². The first-order chi connectivity index (χ1) is 7.66. The molecule has 5 heteroatoms. The fraction of sp³-hybridized carbons (Fsp3) is 0.182. The maximum Gasteiger partial charge on any atom is 0.147 e. The van der Waals surface area contributed by atoms with E-state index in [1.54, 1.807) is 29.7 Å². The van der Waals surface area contributed by atoms with Crippen molar-refractivity contribution in [2.45, 2.75) is 13.0 Å². The molecule has 0 saturated heterocycles. The Labute approximate surface area is 106 Å². The van der Waals surface area contributed by atoms with Crippen LogP contribution in [0.15, 0.2) is 34.2 Å². The molecule has 2 nitrogen and oxygen atoms in total. The minimum absolute atomic E-state index is 0.00988. The molecule has 0 aliphatic heterocycles. The highest BCUT2D eigenvalue weighted by molar-refractivity contribution is 9.10. The summed E-state index contributed by atoms with van der Waals surface area (Å²) < 4.78 is 14.3. The fourth-order valence-corrected chi connectivity index (χ4v) is 2.33. The summed E-state index contributed by atoms with van der Waals surface area (Å²) in [5.74, 6) is -0.266. The second kappa shape index (κ2) is 4.93. The van der Waals surface area contributed by atoms with Gasteiger partial charge in [0.2, 0.25) is 0 Å². The third kappa shape index (κ3) is 2.59. The summed E-state index contributed by atoms with van der Waals surface area (Å²) in [6.45, 7) is 1.96. The molecule has 1 aromatic carbocycles. The van der Waals surface area contributed by atoms with Crippen LogP contribution in [0.25, 0.3) is 0 Å². The number of aromatic nitrogens is 1. The van der Waals surface area contributed by atoms with Gasteiger partial charge in [-0.15, -0.1) is 11.3 Å². The topological polar surface area (TPSA) is 24.9 Å². The number of benzene rings is 1. The average Bonchev–Trinajstić information content (AvgIpc) is 2.75. The molecule has 0 bridgehead atoms. The van der Waals surface area contributed by atoms with Crippen LogP contribution in [0.5, 0.6) is 0 Å². The van der Waals surface area contributed by atoms with Crippen molar-refractivity contribution in [2.24, 2.45) is 0 Å². The van der Waals surface area contributed by atoms with Gasteiger partial charge in [-0.05, 0) is 25.1 Å². The van der Waals surface area contributed by atoms with E-state index >= 15 is 0 Å². The highest BCUT2D eigenvalue weighted by Gasteiger charge is 2.10. The lowest BCUT2D eigenvalue weighted by atomic mass is 10.2. The first kappa shape index (κ1) is 11.5. The van der Waals surface area contributed by atoms with E-state index in [9.17, 15) is 4.39 Å². The minimum atomic E-state index is -0.266. The van der Waals surface area contributed by atoms with E-state index in [1.165, 1.54) is 6.07 Å². The Hall–Kier alpha value is -0.940. The molecular weight excluding hydrogens is 291 g/mol. The highest BCUT2D eigenvalue weighted by Crippen LogP contribution is 2.24. The summed E-state index contributed by atoms with van der Waals surface area (Å²) in [6, 6.07) is 4.97. The minimum Gasteiger partial charge on any atom is -0.374 e. The Morgan fingerprint density at radius 2 is 2.31 bits per heavy atom. The number of thiazole rings is 1. The lowest BCUT2D eigenvalue weighted by molar-refractivity contribution is 0.626. The Morgan fingerprint density at radius 1 is 1.50 bits per heavy atom. The Morgan fingerprint density at radius 3 is 2.94 bits per heavy atom. The van der Waals surface area contributed by atoms with Gasteiger partial charge in [0.05, 0.1) is 11.7 Å². The summed E-state index contributed by atoms with van der Waals surface area (Å²) in [6.07, 6.45) is 1.75. The molecule has 1 aromatic heterocycles. The third-order valence-corrected chi connectivity index (χ3v) is 3.58. The standard InChI is InChI=1S/C11H10BrFN2S/c1-7(11-14-4-5-16-11)15-10-3-2-8(12)6-9(10)13/h2-7,15H,1H3. The largest absolute Gasteiger partial charge is 0.374 e. The quantitative estimate of drug-likeness (QED) is 0.918. The molecule has 0 aliphatic rings. The molecular formula is C11H10BrFN2S. The van der Waals surface area contributed by atoms with Crippen LogP contribution in [-0.4, -0.2) is 4.98 Å². The molecule has 0 fully saturated rings. The van der Waals surface area contributed by atoms with E-state index in [0.717, 1.165) is 9.48 Å². The van der Waals surface area contributed by atoms with Gasteiger partial charge in [-0.3, -0.25) is 0 Å². The van der Waals surface area contributed by atoms with E-state index in [-0.39, 0.29) is 11.9 Å². The maximum atomic E-state index is 13.5. The number of hydrogen-bond donors (Lipinski definition) is 1. The predicted molar refractivity (Wildman–Crippen MR) is 68.3 cm³/mol. The molecule has 1 atom stereocenters. The van der Waals surface area contributed by atoms with E-state index in [2.05, 4.69) is 26.2 Å². The smallest absolute Gasteiger partial charge is 0.147 e. The summed E-state index contributed by atoms with van der Waals surface area (Å²) in [4.78, 5) is 4.18. The van der Waals surface area contributed by atoms with Crippen molar-refractivity contribution in [3.63, 3.8) is 0 Å². The van der Waals surface area contributed by atoms with Crippen molar-refractivity contribution < 1.29 is 4.39 Å². The van der Waals surface area contributed by atoms with Gasteiger partial charge in [0, 0.05) is 16.0 Å². The second-order valence-electron chi connectivity index (χ2n) is 3.36. The first-order valence-corrected chi connectivity index (χ1v) is 6.45. The number of anilines is 1. The molecule has 1 N–H and O–H groups in total. The van der Waals surface area contributed by atoms with Gasteiger partial charge in [0.25, 0.3) is 0 Å². The summed E-state index contributed by atoms with van der Waals surface area (Å²) in [5.41, 5.74) is 0.492. The maximum absolute atomic E-state index is 13.5. The zero-order chi connectivity index (χ0) is 11.5. The van der Waals surface area contributed by atoms with E-state index in [1.807, 2.05) is 12.3 Å². The lowest BCUT2D eigenvalue weighted by Gasteiger charge is -2.13. The SMILES string of the molecule is CC(Nc1ccc(Br)cc1F)c1nccs1. The van der Waals surface area contributed by atoms with Crippen LogP contribution in [0.2, 0.25) is 0 Å². The summed E-state index contributed by atoms with van der Waals surface area (Å²) in [7, 11) is 0. The van der Waals surface area contributed by atoms with Crippen molar-refractivity contribution in [1.82, 2.24) is 4.98 Å². The van der Waals surface area contributed by atoms with Crippen molar-refractivity contribution in [3.8, 4) is 0 Å². The van der Waals surface area contributed by atoms with E-state index < -0.39 is 0 Å². The average molecular weight is 301 g/mol. The number of nitrogens with zero attached hydrogens (tertiary/aromatic N) is 1. The molecule has 1 unspecified atom stereocenters. The molecule has 1 heterocycles. The Kier molecular flexibility index (Phi) is 3.56. The zero-order valence-corrected chi connectivity index (χ0v) is 11.0. The van der Waals surface area contributed by atoms with Crippen LogP contribution in [-0.2, 0) is 0 Å². The van der Waals surface area contributed by atoms with E-state index in [0.29, 0.717) is 5.69 Å². The van der Waals surface area contributed by atoms with Crippen molar-refractivity contribution in [2.75, 3.05) is 5.32 Å². The third-order valence-electron chi connectivity index (χ3n) is 2.12. The predicted octanol–water partition coefficient (Wildman–Crippen LogP) is 4.22. The molecule has 0 radical (unpaired) electrons. The van der Waals surface area contributed by atoms with Gasteiger partial charge in [0.1, 0.15) is 10.8 Å². The highest BCUT2D eigenvalue weighted by atomic mass is 79.9. The Balaban J connectivity index is 2.15. The zero-order valence-electron chi connectivity index (χ0n) is 8.58. The van der Waals surface area contributed by atoms with Crippen molar-refractivity contribution in [3.05, 3.63) is 45.1 Å². The molecule has 16 heavy (non-hydrogen) atoms. The summed E-state index contributed by atoms with van der Waals surface area (Å²) >= 11 is 4.78. The molecule has 84 valence electrons. The van der Waals surface area contributed by atoms with Gasteiger partial charge < -0.3 is 5.32 Å². The van der Waals surface area contributed by atoms with Crippen molar-refractivity contribution in [1.29, 1.82) is 0 Å². The normalized spacial score (nSPS) is 12.4. The van der Waals surface area contributed by atoms with Gasteiger partial charge >= 0.3 is 0 Å². The van der Waals surface area contributed by atoms with Gasteiger partial charge in [-0.25, -0.2) is 9.37 Å². The monoisotopic (exact) mass is 300 g/mol. The van der Waals surface area contributed by atoms with Crippen LogP contribution in [0, 0.1) is 5.82 Å². The van der Waals surface area contributed by atoms with Crippen LogP contribution >= 0.6 is 27.3 Å². The lowest BCUT2D eigenvalue weighted by Crippen LogP contribution is -2.07. The van der Waals surface area contributed by atoms with Crippen LogP contribution in [0.1, 0.15) is 18.0 Å². The number of halogens is 2. The molecule has 0 aliphatic carbocycles. The molecule has 0 amide bonds. The van der Waals surface area contributed by atoms with Crippen LogP contribution in [0.4, 0.5) is 10.1 Å². The molecule has 2 aromatic rings.